The molecule has 0 aromatic heterocycles. The average molecular weight is 164 g/mol. The van der Waals surface area contributed by atoms with Gasteiger partial charge in [-0.1, -0.05) is 0 Å². The van der Waals surface area contributed by atoms with E-state index in [9.17, 15) is 4.79 Å². The number of hydrogen-bond donors (Lipinski definition) is 2. The largest absolute Gasteiger partial charge is 0.478 e. The molecule has 0 atom stereocenters. The third-order valence-electron chi connectivity index (χ3n) is 1.85. The first kappa shape index (κ1) is 6.97. The van der Waals surface area contributed by atoms with E-state index in [0.29, 0.717) is 12.1 Å². The monoisotopic (exact) mass is 164 g/mol. The van der Waals surface area contributed by atoms with E-state index in [-0.39, 0.29) is 0 Å². The number of fused-ring (bicyclic) bond motifs is 1. The van der Waals surface area contributed by atoms with Crippen LogP contribution in [-0.4, -0.2) is 22.5 Å². The second kappa shape index (κ2) is 2.41. The van der Waals surface area contributed by atoms with Crippen LogP contribution in [0.5, 0.6) is 0 Å². The van der Waals surface area contributed by atoms with Crippen LogP contribution < -0.4 is 5.32 Å². The third kappa shape index (κ3) is 0.972. The summed E-state index contributed by atoms with van der Waals surface area (Å²) in [6.45, 7) is 0.435. The van der Waals surface area contributed by atoms with Gasteiger partial charge in [0, 0.05) is 12.4 Å². The topological polar surface area (TPSA) is 52.6 Å². The van der Waals surface area contributed by atoms with Crippen LogP contribution in [0.1, 0.15) is 0 Å². The summed E-state index contributed by atoms with van der Waals surface area (Å²) in [6.07, 6.45) is 6.98. The fraction of sp³-hybridized carbons (Fsp3) is 0.125. The summed E-state index contributed by atoms with van der Waals surface area (Å²) in [5, 5.41) is 11.7. The van der Waals surface area contributed by atoms with Crippen molar-refractivity contribution in [3.05, 3.63) is 35.9 Å². The molecule has 2 N–H and O–H groups in total. The number of carboxylic acid groups (broad SMARTS) is 1. The molecule has 2 aliphatic rings. The zero-order valence-corrected chi connectivity index (χ0v) is 6.32. The van der Waals surface area contributed by atoms with Crippen molar-refractivity contribution < 1.29 is 9.90 Å². The zero-order valence-electron chi connectivity index (χ0n) is 6.32. The lowest BCUT2D eigenvalue weighted by molar-refractivity contribution is -0.132. The Morgan fingerprint density at radius 1 is 1.58 bits per heavy atom. The number of carbonyl (C=O) groups is 1. The Morgan fingerprint density at radius 2 is 2.42 bits per heavy atom. The number of hydrogen-bond acceptors (Lipinski definition) is 3. The number of carboxylic acids is 1. The minimum absolute atomic E-state index is 0.409. The van der Waals surface area contributed by atoms with Gasteiger partial charge in [-0.15, -0.1) is 0 Å². The van der Waals surface area contributed by atoms with Crippen molar-refractivity contribution in [1.82, 2.24) is 10.2 Å². The highest BCUT2D eigenvalue weighted by Gasteiger charge is 2.19. The van der Waals surface area contributed by atoms with E-state index < -0.39 is 5.97 Å². The summed E-state index contributed by atoms with van der Waals surface area (Å²) in [5.41, 5.74) is 0.409. The van der Waals surface area contributed by atoms with Gasteiger partial charge >= 0.3 is 5.97 Å². The van der Waals surface area contributed by atoms with Crippen molar-refractivity contribution in [3.8, 4) is 0 Å². The van der Waals surface area contributed by atoms with Crippen LogP contribution in [0.4, 0.5) is 0 Å². The van der Waals surface area contributed by atoms with Gasteiger partial charge in [-0.25, -0.2) is 4.79 Å². The Balaban J connectivity index is 2.25. The molecule has 2 heterocycles. The van der Waals surface area contributed by atoms with Crippen molar-refractivity contribution >= 4 is 5.97 Å². The maximum absolute atomic E-state index is 10.6. The number of allylic oxidation sites excluding steroid dienone is 2. The number of nitrogens with one attached hydrogen (secondary N) is 1. The Hall–Kier alpha value is -1.71. The molecule has 4 heteroatoms. The number of aliphatic carboxylic acids is 1. The predicted octanol–water partition coefficient (Wildman–Crippen LogP) is 0.229. The molecule has 0 aromatic rings. The lowest BCUT2D eigenvalue weighted by atomic mass is 10.2. The van der Waals surface area contributed by atoms with E-state index >= 15 is 0 Å². The van der Waals surface area contributed by atoms with Gasteiger partial charge in [-0.3, -0.25) is 0 Å². The van der Waals surface area contributed by atoms with E-state index in [1.807, 2.05) is 11.1 Å². The molecule has 4 nitrogen and oxygen atoms in total. The fourth-order valence-electron chi connectivity index (χ4n) is 1.21. The van der Waals surface area contributed by atoms with Gasteiger partial charge in [0.2, 0.25) is 0 Å². The molecule has 0 saturated heterocycles. The molecule has 0 aromatic carbocycles. The molecule has 2 aliphatic heterocycles. The number of rotatable bonds is 1. The first-order valence-electron chi connectivity index (χ1n) is 3.61. The quantitative estimate of drug-likeness (QED) is 0.582. The molecular weight excluding hydrogens is 156 g/mol. The molecule has 62 valence electrons. The zero-order chi connectivity index (χ0) is 8.55. The standard InChI is InChI=1S/C8H8N2O2/c11-8(12)6-1-2-7-9-3-4-10(7)5-6/h1-4,9H,5H2,(H,11,12). The van der Waals surface area contributed by atoms with Crippen LogP contribution in [0.25, 0.3) is 0 Å². The maximum Gasteiger partial charge on any atom is 0.333 e. The molecule has 0 bridgehead atoms. The van der Waals surface area contributed by atoms with E-state index in [2.05, 4.69) is 5.32 Å². The molecule has 0 fully saturated rings. The highest BCUT2D eigenvalue weighted by molar-refractivity contribution is 5.87. The molecule has 0 aliphatic carbocycles. The van der Waals surface area contributed by atoms with Gasteiger partial charge in [0.25, 0.3) is 0 Å². The normalized spacial score (nSPS) is 19.5. The smallest absolute Gasteiger partial charge is 0.333 e. The Morgan fingerprint density at radius 3 is 3.17 bits per heavy atom. The van der Waals surface area contributed by atoms with Gasteiger partial charge in [-0.05, 0) is 12.2 Å². The molecule has 0 unspecified atom stereocenters. The molecule has 2 rings (SSSR count). The van der Waals surface area contributed by atoms with Crippen LogP contribution in [-0.2, 0) is 4.79 Å². The van der Waals surface area contributed by atoms with Gasteiger partial charge in [0.1, 0.15) is 5.82 Å². The molecule has 0 spiro atoms. The minimum atomic E-state index is -0.856. The van der Waals surface area contributed by atoms with Crippen molar-refractivity contribution in [2.45, 2.75) is 0 Å². The summed E-state index contributed by atoms with van der Waals surface area (Å²) in [7, 11) is 0. The molecule has 0 saturated carbocycles. The van der Waals surface area contributed by atoms with Gasteiger partial charge in [0.05, 0.1) is 12.1 Å². The van der Waals surface area contributed by atoms with E-state index in [1.54, 1.807) is 18.4 Å². The predicted molar refractivity (Wildman–Crippen MR) is 42.8 cm³/mol. The Bertz CT molecular complexity index is 315. The van der Waals surface area contributed by atoms with E-state index in [1.165, 1.54) is 0 Å². The lowest BCUT2D eigenvalue weighted by Crippen LogP contribution is -2.26. The lowest BCUT2D eigenvalue weighted by Gasteiger charge is -2.20. The highest BCUT2D eigenvalue weighted by Crippen LogP contribution is 2.16. The second-order valence-electron chi connectivity index (χ2n) is 2.64. The minimum Gasteiger partial charge on any atom is -0.478 e. The van der Waals surface area contributed by atoms with Crippen molar-refractivity contribution in [3.63, 3.8) is 0 Å². The van der Waals surface area contributed by atoms with Crippen LogP contribution >= 0.6 is 0 Å². The SMILES string of the molecule is O=C(O)C1=CC=C2NC=CN2C1. The molecule has 0 amide bonds. The molecular formula is C8H8N2O2. The van der Waals surface area contributed by atoms with Crippen molar-refractivity contribution in [2.75, 3.05) is 6.54 Å². The van der Waals surface area contributed by atoms with Gasteiger partial charge in [0.15, 0.2) is 0 Å². The van der Waals surface area contributed by atoms with Crippen LogP contribution in [0.2, 0.25) is 0 Å². The van der Waals surface area contributed by atoms with Gasteiger partial charge < -0.3 is 15.3 Å². The third-order valence-corrected chi connectivity index (χ3v) is 1.85. The Labute approximate surface area is 69.5 Å². The summed E-state index contributed by atoms with van der Waals surface area (Å²) in [6, 6.07) is 0. The number of nitrogens with zero attached hydrogens (tertiary/aromatic N) is 1. The summed E-state index contributed by atoms with van der Waals surface area (Å²) >= 11 is 0. The second-order valence-corrected chi connectivity index (χ2v) is 2.64. The van der Waals surface area contributed by atoms with Crippen LogP contribution in [0.15, 0.2) is 35.9 Å². The highest BCUT2D eigenvalue weighted by atomic mass is 16.4. The summed E-state index contributed by atoms with van der Waals surface area (Å²) in [5.74, 6) is 0.0746. The molecule has 12 heavy (non-hydrogen) atoms. The maximum atomic E-state index is 10.6. The Kier molecular flexibility index (Phi) is 1.40. The van der Waals surface area contributed by atoms with E-state index in [0.717, 1.165) is 5.82 Å². The first-order valence-corrected chi connectivity index (χ1v) is 3.61. The van der Waals surface area contributed by atoms with Crippen LogP contribution in [0, 0.1) is 0 Å². The van der Waals surface area contributed by atoms with Crippen molar-refractivity contribution in [1.29, 1.82) is 0 Å². The summed E-state index contributed by atoms with van der Waals surface area (Å²) in [4.78, 5) is 12.4. The van der Waals surface area contributed by atoms with E-state index in [4.69, 9.17) is 5.11 Å². The molecule has 0 radical (unpaired) electrons. The van der Waals surface area contributed by atoms with Crippen LogP contribution in [0.3, 0.4) is 0 Å². The average Bonchev–Trinajstić information content (AvgIpc) is 2.49. The first-order chi connectivity index (χ1) is 5.77. The van der Waals surface area contributed by atoms with Gasteiger partial charge in [-0.2, -0.15) is 0 Å². The fourth-order valence-corrected chi connectivity index (χ4v) is 1.21. The summed E-state index contributed by atoms with van der Waals surface area (Å²) < 4.78 is 0. The van der Waals surface area contributed by atoms with Crippen molar-refractivity contribution in [2.24, 2.45) is 0 Å².